The van der Waals surface area contributed by atoms with Gasteiger partial charge in [0.1, 0.15) is 5.82 Å². The molecular weight excluding hydrogens is 346 g/mol. The first-order valence-electron chi connectivity index (χ1n) is 8.76. The molecule has 0 saturated carbocycles. The molecule has 7 heteroatoms. The molecule has 1 fully saturated rings. The molecule has 1 amide bonds. The summed E-state index contributed by atoms with van der Waals surface area (Å²) in [5.74, 6) is 1.20. The van der Waals surface area contributed by atoms with Gasteiger partial charge in [-0.1, -0.05) is 23.9 Å². The predicted octanol–water partition coefficient (Wildman–Crippen LogP) is 3.40. The van der Waals surface area contributed by atoms with Crippen LogP contribution >= 0.6 is 11.8 Å². The maximum absolute atomic E-state index is 12.8. The number of likely N-dealkylation sites (tertiary alicyclic amines) is 1. The maximum Gasteiger partial charge on any atom is 0.257 e. The van der Waals surface area contributed by atoms with Crippen molar-refractivity contribution in [3.8, 4) is 0 Å². The number of hydrogen-bond donors (Lipinski definition) is 1. The van der Waals surface area contributed by atoms with E-state index in [1.54, 1.807) is 12.4 Å². The lowest BCUT2D eigenvalue weighted by atomic mass is 9.97. The number of amides is 1. The van der Waals surface area contributed by atoms with Crippen LogP contribution in [0.1, 0.15) is 40.5 Å². The van der Waals surface area contributed by atoms with Crippen LogP contribution in [0, 0.1) is 6.92 Å². The van der Waals surface area contributed by atoms with Crippen LogP contribution in [-0.2, 0) is 0 Å². The van der Waals surface area contributed by atoms with Crippen LogP contribution in [0.25, 0.3) is 11.0 Å². The highest BCUT2D eigenvalue weighted by atomic mass is 32.2. The number of thioether (sulfide) groups is 1. The number of aryl methyl sites for hydroxylation is 1. The molecule has 1 saturated heterocycles. The van der Waals surface area contributed by atoms with Crippen molar-refractivity contribution in [3.05, 3.63) is 47.5 Å². The van der Waals surface area contributed by atoms with Gasteiger partial charge in [-0.2, -0.15) is 0 Å². The number of hydrogen-bond acceptors (Lipinski definition) is 5. The van der Waals surface area contributed by atoms with Gasteiger partial charge in [0.25, 0.3) is 5.91 Å². The average molecular weight is 367 g/mol. The number of carbonyl (C=O) groups is 1. The molecule has 1 aliphatic rings. The summed E-state index contributed by atoms with van der Waals surface area (Å²) in [6, 6.07) is 6.16. The smallest absolute Gasteiger partial charge is 0.257 e. The predicted molar refractivity (Wildman–Crippen MR) is 103 cm³/mol. The summed E-state index contributed by atoms with van der Waals surface area (Å²) in [5, 5.41) is 0.677. The summed E-state index contributed by atoms with van der Waals surface area (Å²) in [5.41, 5.74) is 3.79. The Balaban J connectivity index is 1.54. The Morgan fingerprint density at radius 2 is 2.12 bits per heavy atom. The quantitative estimate of drug-likeness (QED) is 0.567. The van der Waals surface area contributed by atoms with Crippen molar-refractivity contribution in [1.29, 1.82) is 0 Å². The van der Waals surface area contributed by atoms with Crippen LogP contribution in [0.15, 0.2) is 35.7 Å². The van der Waals surface area contributed by atoms with Crippen LogP contribution in [0.4, 0.5) is 0 Å². The fourth-order valence-corrected chi connectivity index (χ4v) is 3.80. The second-order valence-electron chi connectivity index (χ2n) is 6.64. The van der Waals surface area contributed by atoms with Gasteiger partial charge in [-0.05, 0) is 37.7 Å². The fraction of sp³-hybridized carbons (Fsp3) is 0.368. The number of nitrogens with zero attached hydrogens (tertiary/aromatic N) is 4. The standard InChI is InChI=1S/C19H21N5OS/c1-12-5-3-7-15-16(12)23-17(22-15)13-6-4-8-24(11-13)18(25)14-9-20-19(26-2)21-10-14/h3,5,7,9-10,13H,4,6,8,11H2,1-2H3,(H,22,23). The molecule has 0 bridgehead atoms. The van der Waals surface area contributed by atoms with E-state index < -0.39 is 0 Å². The van der Waals surface area contributed by atoms with E-state index in [9.17, 15) is 4.79 Å². The third-order valence-electron chi connectivity index (χ3n) is 4.89. The maximum atomic E-state index is 12.8. The minimum Gasteiger partial charge on any atom is -0.342 e. The van der Waals surface area contributed by atoms with E-state index in [4.69, 9.17) is 4.98 Å². The lowest BCUT2D eigenvalue weighted by molar-refractivity contribution is 0.0704. The number of para-hydroxylation sites is 1. The highest BCUT2D eigenvalue weighted by Crippen LogP contribution is 2.28. The van der Waals surface area contributed by atoms with Gasteiger partial charge < -0.3 is 9.88 Å². The monoisotopic (exact) mass is 367 g/mol. The first kappa shape index (κ1) is 17.0. The number of aromatic amines is 1. The van der Waals surface area contributed by atoms with E-state index in [0.717, 1.165) is 36.2 Å². The van der Waals surface area contributed by atoms with Gasteiger partial charge in [0.15, 0.2) is 5.16 Å². The summed E-state index contributed by atoms with van der Waals surface area (Å²) in [6.07, 6.45) is 7.16. The molecule has 4 rings (SSSR count). The highest BCUT2D eigenvalue weighted by Gasteiger charge is 2.27. The Hall–Kier alpha value is -2.41. The number of benzene rings is 1. The Bertz CT molecular complexity index is 937. The van der Waals surface area contributed by atoms with E-state index in [1.807, 2.05) is 17.2 Å². The summed E-state index contributed by atoms with van der Waals surface area (Å²) in [4.78, 5) is 31.4. The Labute approximate surface area is 156 Å². The van der Waals surface area contributed by atoms with Crippen molar-refractivity contribution in [2.45, 2.75) is 30.8 Å². The molecule has 0 aliphatic carbocycles. The van der Waals surface area contributed by atoms with Crippen molar-refractivity contribution in [1.82, 2.24) is 24.8 Å². The first-order chi connectivity index (χ1) is 12.7. The lowest BCUT2D eigenvalue weighted by Gasteiger charge is -2.31. The highest BCUT2D eigenvalue weighted by molar-refractivity contribution is 7.98. The average Bonchev–Trinajstić information content (AvgIpc) is 3.13. The van der Waals surface area contributed by atoms with Crippen molar-refractivity contribution >= 4 is 28.7 Å². The third-order valence-corrected chi connectivity index (χ3v) is 5.46. The Morgan fingerprint density at radius 3 is 2.85 bits per heavy atom. The van der Waals surface area contributed by atoms with Gasteiger partial charge in [-0.25, -0.2) is 15.0 Å². The van der Waals surface area contributed by atoms with Gasteiger partial charge >= 0.3 is 0 Å². The molecule has 1 aliphatic heterocycles. The number of piperidine rings is 1. The molecule has 3 aromatic rings. The zero-order valence-corrected chi connectivity index (χ0v) is 15.7. The third kappa shape index (κ3) is 3.19. The molecule has 1 atom stereocenters. The van der Waals surface area contributed by atoms with E-state index in [-0.39, 0.29) is 11.8 Å². The largest absolute Gasteiger partial charge is 0.342 e. The van der Waals surface area contributed by atoms with Gasteiger partial charge in [-0.15, -0.1) is 0 Å². The van der Waals surface area contributed by atoms with E-state index >= 15 is 0 Å². The number of rotatable bonds is 3. The van der Waals surface area contributed by atoms with Gasteiger partial charge in [0, 0.05) is 31.4 Å². The summed E-state index contributed by atoms with van der Waals surface area (Å²) in [7, 11) is 0. The van der Waals surface area contributed by atoms with Gasteiger partial charge in [0.2, 0.25) is 0 Å². The molecule has 26 heavy (non-hydrogen) atoms. The lowest BCUT2D eigenvalue weighted by Crippen LogP contribution is -2.39. The van der Waals surface area contributed by atoms with Crippen molar-refractivity contribution in [2.75, 3.05) is 19.3 Å². The second kappa shape index (κ2) is 7.07. The summed E-state index contributed by atoms with van der Waals surface area (Å²) >= 11 is 1.47. The van der Waals surface area contributed by atoms with Crippen LogP contribution in [0.5, 0.6) is 0 Å². The zero-order chi connectivity index (χ0) is 18.1. The molecule has 1 N–H and O–H groups in total. The molecule has 2 aromatic heterocycles. The van der Waals surface area contributed by atoms with Gasteiger partial charge in [-0.3, -0.25) is 4.79 Å². The van der Waals surface area contributed by atoms with Crippen LogP contribution in [0.2, 0.25) is 0 Å². The van der Waals surface area contributed by atoms with Gasteiger partial charge in [0.05, 0.1) is 16.6 Å². The normalized spacial score (nSPS) is 17.6. The van der Waals surface area contributed by atoms with Crippen LogP contribution < -0.4 is 0 Å². The van der Waals surface area contributed by atoms with Crippen molar-refractivity contribution in [3.63, 3.8) is 0 Å². The molecule has 6 nitrogen and oxygen atoms in total. The number of imidazole rings is 1. The number of H-pyrrole nitrogens is 1. The van der Waals surface area contributed by atoms with Crippen molar-refractivity contribution < 1.29 is 4.79 Å². The second-order valence-corrected chi connectivity index (χ2v) is 7.42. The topological polar surface area (TPSA) is 74.8 Å². The minimum atomic E-state index is -0.00496. The minimum absolute atomic E-state index is 0.00496. The number of nitrogens with one attached hydrogen (secondary N) is 1. The molecule has 0 spiro atoms. The molecular formula is C19H21N5OS. The zero-order valence-electron chi connectivity index (χ0n) is 14.9. The Morgan fingerprint density at radius 1 is 1.31 bits per heavy atom. The van der Waals surface area contributed by atoms with Crippen molar-refractivity contribution in [2.24, 2.45) is 0 Å². The SMILES string of the molecule is CSc1ncc(C(=O)N2CCCC(c3nc4c(C)cccc4[nH]3)C2)cn1. The molecule has 3 heterocycles. The van der Waals surface area contributed by atoms with E-state index in [1.165, 1.54) is 17.3 Å². The van der Waals surface area contributed by atoms with E-state index in [0.29, 0.717) is 17.3 Å². The summed E-state index contributed by atoms with van der Waals surface area (Å²) < 4.78 is 0. The number of fused-ring (bicyclic) bond motifs is 1. The number of carbonyl (C=O) groups excluding carboxylic acids is 1. The molecule has 1 aromatic carbocycles. The van der Waals surface area contributed by atoms with E-state index in [2.05, 4.69) is 34.0 Å². The summed E-state index contributed by atoms with van der Waals surface area (Å²) in [6.45, 7) is 3.50. The molecule has 1 unspecified atom stereocenters. The first-order valence-corrected chi connectivity index (χ1v) is 9.98. The van der Waals surface area contributed by atoms with Crippen LogP contribution in [0.3, 0.4) is 0 Å². The number of aromatic nitrogens is 4. The Kier molecular flexibility index (Phi) is 4.63. The fourth-order valence-electron chi connectivity index (χ4n) is 3.49. The van der Waals surface area contributed by atoms with Crippen LogP contribution in [-0.4, -0.2) is 50.1 Å². The molecule has 134 valence electrons. The molecule has 0 radical (unpaired) electrons.